The molecular weight excluding hydrogens is 166 g/mol. The molecule has 0 aromatic heterocycles. The molecular formula is C6H11NO5. The number of aliphatic hydroxyl groups is 1. The Kier molecular flexibility index (Phi) is 3.65. The first kappa shape index (κ1) is 10.9. The van der Waals surface area contributed by atoms with Crippen LogP contribution >= 0.6 is 0 Å². The number of carboxylic acid groups (broad SMARTS) is 2. The summed E-state index contributed by atoms with van der Waals surface area (Å²) in [6, 6.07) is -1.58. The van der Waals surface area contributed by atoms with Crippen molar-refractivity contribution in [3.05, 3.63) is 0 Å². The highest BCUT2D eigenvalue weighted by molar-refractivity contribution is 5.82. The van der Waals surface area contributed by atoms with Gasteiger partial charge in [0, 0.05) is 0 Å². The summed E-state index contributed by atoms with van der Waals surface area (Å²) in [6.45, 7) is 1.18. The van der Waals surface area contributed by atoms with Crippen molar-refractivity contribution in [3.63, 3.8) is 0 Å². The summed E-state index contributed by atoms with van der Waals surface area (Å²) in [6.07, 6.45) is -1.28. The Labute approximate surface area is 68.6 Å². The van der Waals surface area contributed by atoms with Gasteiger partial charge in [-0.1, -0.05) is 0 Å². The first-order chi connectivity index (χ1) is 5.37. The van der Waals surface area contributed by atoms with E-state index in [1.165, 1.54) is 6.92 Å². The monoisotopic (exact) mass is 177 g/mol. The Balaban J connectivity index is 4.51. The number of rotatable bonds is 4. The van der Waals surface area contributed by atoms with E-state index in [9.17, 15) is 9.59 Å². The third kappa shape index (κ3) is 2.48. The Bertz CT molecular complexity index is 190. The lowest BCUT2D eigenvalue weighted by Crippen LogP contribution is -2.46. The second-order valence-electron chi connectivity index (χ2n) is 2.47. The molecule has 0 radical (unpaired) electrons. The lowest BCUT2D eigenvalue weighted by molar-refractivity contribution is -0.153. The summed E-state index contributed by atoms with van der Waals surface area (Å²) in [5, 5.41) is 25.7. The van der Waals surface area contributed by atoms with Gasteiger partial charge in [0.05, 0.1) is 6.10 Å². The van der Waals surface area contributed by atoms with E-state index in [2.05, 4.69) is 0 Å². The van der Waals surface area contributed by atoms with Gasteiger partial charge in [-0.25, -0.2) is 0 Å². The lowest BCUT2D eigenvalue weighted by atomic mass is 9.95. The van der Waals surface area contributed by atoms with E-state index in [-0.39, 0.29) is 0 Å². The predicted molar refractivity (Wildman–Crippen MR) is 38.4 cm³/mol. The van der Waals surface area contributed by atoms with Crippen molar-refractivity contribution in [2.24, 2.45) is 11.7 Å². The van der Waals surface area contributed by atoms with Crippen LogP contribution in [0, 0.1) is 5.92 Å². The number of aliphatic carboxylic acids is 2. The SMILES string of the molecule is C[C@@H](O)[C@@H](C(=O)O)[C@@H](N)C(=O)O. The van der Waals surface area contributed by atoms with Gasteiger partial charge in [-0.05, 0) is 6.92 Å². The molecule has 0 heterocycles. The molecule has 6 nitrogen and oxygen atoms in total. The molecule has 0 aromatic carbocycles. The molecule has 0 aliphatic heterocycles. The molecule has 12 heavy (non-hydrogen) atoms. The van der Waals surface area contributed by atoms with Gasteiger partial charge in [0.2, 0.25) is 0 Å². The minimum atomic E-state index is -1.58. The second kappa shape index (κ2) is 4.03. The Morgan fingerprint density at radius 3 is 1.75 bits per heavy atom. The van der Waals surface area contributed by atoms with Crippen molar-refractivity contribution in [1.82, 2.24) is 0 Å². The van der Waals surface area contributed by atoms with E-state index >= 15 is 0 Å². The molecule has 5 N–H and O–H groups in total. The maximum atomic E-state index is 10.4. The molecule has 3 atom stereocenters. The van der Waals surface area contributed by atoms with E-state index < -0.39 is 30.0 Å². The topological polar surface area (TPSA) is 121 Å². The fraction of sp³-hybridized carbons (Fsp3) is 0.667. The highest BCUT2D eigenvalue weighted by Crippen LogP contribution is 2.08. The first-order valence-corrected chi connectivity index (χ1v) is 3.27. The zero-order valence-corrected chi connectivity index (χ0v) is 6.47. The van der Waals surface area contributed by atoms with Crippen LogP contribution in [0.2, 0.25) is 0 Å². The van der Waals surface area contributed by atoms with Gasteiger partial charge >= 0.3 is 11.9 Å². The van der Waals surface area contributed by atoms with Crippen molar-refractivity contribution in [2.75, 3.05) is 0 Å². The van der Waals surface area contributed by atoms with E-state index in [4.69, 9.17) is 21.1 Å². The van der Waals surface area contributed by atoms with Crippen LogP contribution in [0.5, 0.6) is 0 Å². The summed E-state index contributed by atoms with van der Waals surface area (Å²) in [4.78, 5) is 20.6. The van der Waals surface area contributed by atoms with Crippen LogP contribution in [0.15, 0.2) is 0 Å². The van der Waals surface area contributed by atoms with E-state index in [0.29, 0.717) is 0 Å². The molecule has 0 aliphatic carbocycles. The Morgan fingerprint density at radius 2 is 1.67 bits per heavy atom. The van der Waals surface area contributed by atoms with Gasteiger partial charge in [-0.3, -0.25) is 9.59 Å². The molecule has 0 aliphatic rings. The first-order valence-electron chi connectivity index (χ1n) is 3.27. The summed E-state index contributed by atoms with van der Waals surface area (Å²) in [7, 11) is 0. The fourth-order valence-electron chi connectivity index (χ4n) is 0.814. The summed E-state index contributed by atoms with van der Waals surface area (Å²) >= 11 is 0. The Hall–Kier alpha value is -1.14. The highest BCUT2D eigenvalue weighted by Gasteiger charge is 2.34. The minimum absolute atomic E-state index is 1.18. The normalized spacial score (nSPS) is 17.9. The van der Waals surface area contributed by atoms with Crippen LogP contribution in [0.1, 0.15) is 6.92 Å². The molecule has 0 amide bonds. The Morgan fingerprint density at radius 1 is 1.25 bits per heavy atom. The van der Waals surface area contributed by atoms with E-state index in [1.54, 1.807) is 0 Å². The smallest absolute Gasteiger partial charge is 0.321 e. The van der Waals surface area contributed by atoms with Crippen LogP contribution < -0.4 is 5.73 Å². The van der Waals surface area contributed by atoms with Crippen molar-refractivity contribution >= 4 is 11.9 Å². The van der Waals surface area contributed by atoms with Gasteiger partial charge < -0.3 is 21.1 Å². The second-order valence-corrected chi connectivity index (χ2v) is 2.47. The lowest BCUT2D eigenvalue weighted by Gasteiger charge is -2.18. The average Bonchev–Trinajstić information content (AvgIpc) is 1.85. The number of carboxylic acids is 2. The van der Waals surface area contributed by atoms with Crippen LogP contribution in [-0.2, 0) is 9.59 Å². The number of hydrogen-bond donors (Lipinski definition) is 4. The molecule has 0 fully saturated rings. The minimum Gasteiger partial charge on any atom is -0.481 e. The summed E-state index contributed by atoms with van der Waals surface area (Å²) in [5.41, 5.74) is 5.02. The van der Waals surface area contributed by atoms with Crippen LogP contribution in [0.4, 0.5) is 0 Å². The maximum Gasteiger partial charge on any atom is 0.321 e. The van der Waals surface area contributed by atoms with Crippen molar-refractivity contribution in [1.29, 1.82) is 0 Å². The molecule has 0 aromatic rings. The number of nitrogens with two attached hydrogens (primary N) is 1. The molecule has 0 bridgehead atoms. The predicted octanol–water partition coefficient (Wildman–Crippen LogP) is -1.52. The largest absolute Gasteiger partial charge is 0.481 e. The van der Waals surface area contributed by atoms with Gasteiger partial charge in [-0.15, -0.1) is 0 Å². The van der Waals surface area contributed by atoms with Gasteiger partial charge in [0.25, 0.3) is 0 Å². The molecule has 0 saturated carbocycles. The quantitative estimate of drug-likeness (QED) is 0.414. The van der Waals surface area contributed by atoms with Gasteiger partial charge in [0.15, 0.2) is 0 Å². The van der Waals surface area contributed by atoms with E-state index in [1.807, 2.05) is 0 Å². The zero-order chi connectivity index (χ0) is 9.89. The summed E-state index contributed by atoms with van der Waals surface area (Å²) < 4.78 is 0. The fourth-order valence-corrected chi connectivity index (χ4v) is 0.814. The number of aliphatic hydroxyl groups excluding tert-OH is 1. The highest BCUT2D eigenvalue weighted by atomic mass is 16.4. The standard InChI is InChI=1S/C6H11NO5/c1-2(8)3(5(9)10)4(7)6(11)12/h2-4,8H,7H2,1H3,(H,9,10)(H,11,12)/t2-,3-,4-/m1/s1. The molecule has 0 unspecified atom stereocenters. The van der Waals surface area contributed by atoms with Crippen LogP contribution in [-0.4, -0.2) is 39.4 Å². The van der Waals surface area contributed by atoms with Gasteiger partial charge in [0.1, 0.15) is 12.0 Å². The number of carbonyl (C=O) groups is 2. The van der Waals surface area contributed by atoms with Crippen molar-refractivity contribution in [3.8, 4) is 0 Å². The maximum absolute atomic E-state index is 10.4. The molecule has 6 heteroatoms. The number of hydrogen-bond acceptors (Lipinski definition) is 4. The zero-order valence-electron chi connectivity index (χ0n) is 6.47. The molecule has 70 valence electrons. The van der Waals surface area contributed by atoms with Crippen molar-refractivity contribution in [2.45, 2.75) is 19.1 Å². The van der Waals surface area contributed by atoms with Crippen molar-refractivity contribution < 1.29 is 24.9 Å². The molecule has 0 rings (SSSR count). The molecule has 0 spiro atoms. The van der Waals surface area contributed by atoms with Crippen LogP contribution in [0.25, 0.3) is 0 Å². The third-order valence-corrected chi connectivity index (χ3v) is 1.48. The molecule has 0 saturated heterocycles. The average molecular weight is 177 g/mol. The van der Waals surface area contributed by atoms with E-state index in [0.717, 1.165) is 0 Å². The van der Waals surface area contributed by atoms with Crippen LogP contribution in [0.3, 0.4) is 0 Å². The third-order valence-electron chi connectivity index (χ3n) is 1.48. The summed E-state index contributed by atoms with van der Waals surface area (Å²) in [5.74, 6) is -4.33. The van der Waals surface area contributed by atoms with Gasteiger partial charge in [-0.2, -0.15) is 0 Å².